The summed E-state index contributed by atoms with van der Waals surface area (Å²) < 4.78 is 5.78. The van der Waals surface area contributed by atoms with Gasteiger partial charge in [-0.1, -0.05) is 50.0 Å². The number of hydrogen-bond donors (Lipinski definition) is 3. The number of ether oxygens (including phenoxy) is 1. The van der Waals surface area contributed by atoms with Gasteiger partial charge in [0, 0.05) is 17.4 Å². The van der Waals surface area contributed by atoms with E-state index in [1.807, 2.05) is 26.0 Å². The Morgan fingerprint density at radius 3 is 2.12 bits per heavy atom. The molecule has 0 unspecified atom stereocenters. The number of carboxylic acid groups (broad SMARTS) is 1. The van der Waals surface area contributed by atoms with Crippen LogP contribution in [0.15, 0.2) is 36.4 Å². The molecule has 0 heterocycles. The van der Waals surface area contributed by atoms with Gasteiger partial charge in [0.1, 0.15) is 18.0 Å². The summed E-state index contributed by atoms with van der Waals surface area (Å²) in [5.74, 6) is 5.74. The van der Waals surface area contributed by atoms with E-state index in [1.54, 1.807) is 13.8 Å². The van der Waals surface area contributed by atoms with Crippen molar-refractivity contribution in [2.24, 2.45) is 0 Å². The normalized spacial score (nSPS) is 12.6. The van der Waals surface area contributed by atoms with Gasteiger partial charge in [0.05, 0.1) is 6.10 Å². The number of hydrogen-bond acceptors (Lipinski definition) is 4. The minimum atomic E-state index is -1.03. The molecule has 0 radical (unpaired) electrons. The van der Waals surface area contributed by atoms with Gasteiger partial charge in [-0.2, -0.15) is 0 Å². The molecule has 0 aliphatic rings. The first-order valence-electron chi connectivity index (χ1n) is 11.9. The molecule has 0 aliphatic carbocycles. The average Bonchev–Trinajstić information content (AvgIpc) is 2.77. The summed E-state index contributed by atoms with van der Waals surface area (Å²) in [6.45, 7) is 11.8. The second kappa shape index (κ2) is 11.6. The van der Waals surface area contributed by atoms with Crippen LogP contribution in [0.25, 0.3) is 0 Å². The molecule has 0 spiro atoms. The van der Waals surface area contributed by atoms with Gasteiger partial charge in [-0.25, -0.2) is 0 Å². The quantitative estimate of drug-likeness (QED) is 0.422. The number of carbonyl (C=O) groups is 1. The van der Waals surface area contributed by atoms with Crippen molar-refractivity contribution in [3.05, 3.63) is 64.2 Å². The third-order valence-corrected chi connectivity index (χ3v) is 6.34. The molecule has 2 aromatic carbocycles. The summed E-state index contributed by atoms with van der Waals surface area (Å²) in [5.41, 5.74) is 4.18. The third kappa shape index (κ3) is 7.09. The Bertz CT molecular complexity index is 1050. The van der Waals surface area contributed by atoms with Crippen molar-refractivity contribution >= 4 is 5.97 Å². The molecule has 34 heavy (non-hydrogen) atoms. The van der Waals surface area contributed by atoms with Gasteiger partial charge < -0.3 is 20.1 Å². The maximum atomic E-state index is 10.7. The lowest BCUT2D eigenvalue weighted by Crippen LogP contribution is -2.26. The Morgan fingerprint density at radius 2 is 1.62 bits per heavy atom. The summed E-state index contributed by atoms with van der Waals surface area (Å²) in [5, 5.41) is 28.7. The van der Waals surface area contributed by atoms with E-state index in [2.05, 4.69) is 50.0 Å². The number of aliphatic hydroxyl groups excluding tert-OH is 1. The van der Waals surface area contributed by atoms with Crippen molar-refractivity contribution in [1.29, 1.82) is 0 Å². The predicted molar refractivity (Wildman–Crippen MR) is 135 cm³/mol. The monoisotopic (exact) mass is 466 g/mol. The van der Waals surface area contributed by atoms with Crippen molar-refractivity contribution in [3.63, 3.8) is 0 Å². The Balaban J connectivity index is 2.31. The molecule has 0 aromatic heterocycles. The highest BCUT2D eigenvalue weighted by Crippen LogP contribution is 2.40. The van der Waals surface area contributed by atoms with Crippen LogP contribution >= 0.6 is 0 Å². The largest absolute Gasteiger partial charge is 0.491 e. The van der Waals surface area contributed by atoms with Gasteiger partial charge in [-0.15, -0.1) is 0 Å². The Morgan fingerprint density at radius 1 is 1.03 bits per heavy atom. The van der Waals surface area contributed by atoms with E-state index in [4.69, 9.17) is 9.84 Å². The van der Waals surface area contributed by atoms with Crippen LogP contribution in [0, 0.1) is 25.7 Å². The highest BCUT2D eigenvalue weighted by Gasteiger charge is 2.31. The topological polar surface area (TPSA) is 87.0 Å². The highest BCUT2D eigenvalue weighted by atomic mass is 16.5. The average molecular weight is 467 g/mol. The third-order valence-electron chi connectivity index (χ3n) is 6.34. The van der Waals surface area contributed by atoms with Gasteiger partial charge in [0.2, 0.25) is 0 Å². The van der Waals surface area contributed by atoms with Crippen molar-refractivity contribution in [2.75, 3.05) is 6.61 Å². The van der Waals surface area contributed by atoms with E-state index in [1.165, 1.54) is 11.1 Å². The van der Waals surface area contributed by atoms with E-state index in [9.17, 15) is 15.0 Å². The van der Waals surface area contributed by atoms with Crippen LogP contribution < -0.4 is 4.74 Å². The summed E-state index contributed by atoms with van der Waals surface area (Å²) in [4.78, 5) is 10.7. The smallest absolute Gasteiger partial charge is 0.303 e. The number of rotatable bonds is 10. The molecule has 0 saturated heterocycles. The van der Waals surface area contributed by atoms with Gasteiger partial charge >= 0.3 is 5.97 Å². The molecule has 1 atom stereocenters. The van der Waals surface area contributed by atoms with E-state index in [-0.39, 0.29) is 24.9 Å². The molecule has 0 aliphatic heterocycles. The molecule has 5 nitrogen and oxygen atoms in total. The van der Waals surface area contributed by atoms with Gasteiger partial charge in [-0.3, -0.25) is 4.79 Å². The Kier molecular flexibility index (Phi) is 9.32. The fourth-order valence-electron chi connectivity index (χ4n) is 4.22. The molecule has 0 fully saturated rings. The van der Waals surface area contributed by atoms with Crippen molar-refractivity contribution < 1.29 is 24.9 Å². The second-order valence-corrected chi connectivity index (χ2v) is 9.51. The zero-order chi connectivity index (χ0) is 25.5. The number of carboxylic acids is 1. The summed E-state index contributed by atoms with van der Waals surface area (Å²) in [6, 6.07) is 12.5. The van der Waals surface area contributed by atoms with Crippen LogP contribution in [0.1, 0.15) is 81.2 Å². The number of aliphatic carboxylic acids is 1. The Labute approximate surface area is 203 Å². The Hall–Kier alpha value is -2.81. The fourth-order valence-corrected chi connectivity index (χ4v) is 4.22. The molecule has 2 rings (SSSR count). The predicted octanol–water partition coefficient (Wildman–Crippen LogP) is 5.14. The van der Waals surface area contributed by atoms with E-state index < -0.39 is 17.7 Å². The van der Waals surface area contributed by atoms with Crippen LogP contribution in [-0.4, -0.2) is 39.6 Å². The zero-order valence-electron chi connectivity index (χ0n) is 21.2. The molecular weight excluding hydrogens is 428 g/mol. The van der Waals surface area contributed by atoms with Crippen molar-refractivity contribution in [1.82, 2.24) is 0 Å². The standard InChI is InChI=1S/C29H38O5/c1-7-29(8-2,23-10-9-22(20(3)17-23)15-16-28(5,6)33)24-11-13-26(21(4)18-24)34-19-25(30)12-14-27(31)32/h9-11,13,17-18,25,30,33H,7-8,12,14,19H2,1-6H3,(H,31,32)/t25-/m0/s1. The number of aliphatic hydroxyl groups is 2. The zero-order valence-corrected chi connectivity index (χ0v) is 21.2. The summed E-state index contributed by atoms with van der Waals surface area (Å²) in [7, 11) is 0. The summed E-state index contributed by atoms with van der Waals surface area (Å²) >= 11 is 0. The lowest BCUT2D eigenvalue weighted by Gasteiger charge is -2.34. The van der Waals surface area contributed by atoms with E-state index in [0.717, 1.165) is 29.5 Å². The van der Waals surface area contributed by atoms with E-state index in [0.29, 0.717) is 5.75 Å². The van der Waals surface area contributed by atoms with Crippen LogP contribution in [0.5, 0.6) is 5.75 Å². The van der Waals surface area contributed by atoms with Gasteiger partial charge in [0.25, 0.3) is 0 Å². The molecule has 0 bridgehead atoms. The molecule has 5 heteroatoms. The maximum Gasteiger partial charge on any atom is 0.303 e. The maximum absolute atomic E-state index is 10.7. The van der Waals surface area contributed by atoms with Gasteiger partial charge in [0.15, 0.2) is 0 Å². The molecular formula is C29H38O5. The van der Waals surface area contributed by atoms with E-state index >= 15 is 0 Å². The highest BCUT2D eigenvalue weighted by molar-refractivity contribution is 5.66. The number of benzene rings is 2. The minimum Gasteiger partial charge on any atom is -0.491 e. The van der Waals surface area contributed by atoms with Crippen molar-refractivity contribution in [3.8, 4) is 17.6 Å². The number of aryl methyl sites for hydroxylation is 2. The molecule has 2 aromatic rings. The van der Waals surface area contributed by atoms with Crippen LogP contribution in [0.4, 0.5) is 0 Å². The summed E-state index contributed by atoms with van der Waals surface area (Å²) in [6.07, 6.45) is 1.11. The minimum absolute atomic E-state index is 0.0620. The molecule has 3 N–H and O–H groups in total. The van der Waals surface area contributed by atoms with Crippen LogP contribution in [0.3, 0.4) is 0 Å². The van der Waals surface area contributed by atoms with Crippen molar-refractivity contribution in [2.45, 2.75) is 84.3 Å². The van der Waals surface area contributed by atoms with Crippen LogP contribution in [0.2, 0.25) is 0 Å². The SMILES string of the molecule is CCC(CC)(c1ccc(C#CC(C)(C)O)c(C)c1)c1ccc(OC[C@@H](O)CCC(=O)O)c(C)c1. The van der Waals surface area contributed by atoms with Gasteiger partial charge in [-0.05, 0) is 81.3 Å². The molecule has 0 saturated carbocycles. The first-order chi connectivity index (χ1) is 15.9. The van der Waals surface area contributed by atoms with Crippen LogP contribution in [-0.2, 0) is 10.2 Å². The first kappa shape index (κ1) is 27.4. The first-order valence-corrected chi connectivity index (χ1v) is 11.9. The molecule has 184 valence electrons. The lowest BCUT2D eigenvalue weighted by molar-refractivity contribution is -0.137. The molecule has 0 amide bonds. The fraction of sp³-hybridized carbons (Fsp3) is 0.483. The lowest BCUT2D eigenvalue weighted by atomic mass is 9.70. The second-order valence-electron chi connectivity index (χ2n) is 9.51.